The molecule has 3 fully saturated rings. The van der Waals surface area contributed by atoms with Crippen LogP contribution in [0.25, 0.3) is 0 Å². The maximum Gasteiger partial charge on any atom is 0.326 e. The predicted molar refractivity (Wildman–Crippen MR) is 44.7 cm³/mol. The number of carbonyl (C=O) groups is 1. The molecular weight excluding hydrogens is 154 g/mol. The van der Waals surface area contributed by atoms with Gasteiger partial charge in [0.25, 0.3) is 0 Å². The van der Waals surface area contributed by atoms with Crippen molar-refractivity contribution >= 4 is 5.97 Å². The Hall–Kier alpha value is -0.570. The minimum atomic E-state index is -0.301. The Morgan fingerprint density at radius 3 is 2.67 bits per heavy atom. The Balaban J connectivity index is 2.03. The number of carbonyl (C=O) groups excluding carboxylic acids is 1. The zero-order chi connectivity index (χ0) is 8.82. The second-order valence-corrected chi connectivity index (χ2v) is 4.32. The molecule has 1 aliphatic carbocycles. The van der Waals surface area contributed by atoms with E-state index in [1.54, 1.807) is 0 Å². The van der Waals surface area contributed by atoms with Crippen LogP contribution in [-0.2, 0) is 9.53 Å². The van der Waals surface area contributed by atoms with Gasteiger partial charge in [-0.2, -0.15) is 0 Å². The van der Waals surface area contributed by atoms with E-state index < -0.39 is 0 Å². The van der Waals surface area contributed by atoms with Gasteiger partial charge in [-0.05, 0) is 25.2 Å². The van der Waals surface area contributed by atoms with Crippen molar-refractivity contribution in [1.82, 2.24) is 5.32 Å². The molecule has 3 heteroatoms. The second-order valence-electron chi connectivity index (χ2n) is 4.32. The van der Waals surface area contributed by atoms with Crippen molar-refractivity contribution in [2.75, 3.05) is 13.2 Å². The number of rotatable bonds is 2. The van der Waals surface area contributed by atoms with Crippen molar-refractivity contribution in [2.24, 2.45) is 5.41 Å². The molecule has 0 amide bonds. The standard InChI is InChI=1S/C9H15NO2/c1-3-12-7(11)9-4-8(2,5-9)6-10-9/h10H,3-6H2,1-2H3. The summed E-state index contributed by atoms with van der Waals surface area (Å²) in [5, 5.41) is 3.26. The SMILES string of the molecule is CCOC(=O)C12CC(C)(CN1)C2. The highest BCUT2D eigenvalue weighted by Crippen LogP contribution is 2.53. The molecule has 0 aromatic carbocycles. The minimum Gasteiger partial charge on any atom is -0.465 e. The van der Waals surface area contributed by atoms with Crippen LogP contribution in [0.3, 0.4) is 0 Å². The fourth-order valence-electron chi connectivity index (χ4n) is 2.52. The van der Waals surface area contributed by atoms with Crippen LogP contribution in [0.4, 0.5) is 0 Å². The van der Waals surface area contributed by atoms with Gasteiger partial charge in [-0.15, -0.1) is 0 Å². The summed E-state index contributed by atoms with van der Waals surface area (Å²) in [5.74, 6) is -0.0556. The van der Waals surface area contributed by atoms with Crippen LogP contribution in [0.15, 0.2) is 0 Å². The Bertz CT molecular complexity index is 219. The Morgan fingerprint density at radius 1 is 1.58 bits per heavy atom. The zero-order valence-electron chi connectivity index (χ0n) is 7.64. The van der Waals surface area contributed by atoms with Crippen LogP contribution in [0.2, 0.25) is 0 Å². The molecule has 2 aliphatic heterocycles. The summed E-state index contributed by atoms with van der Waals surface area (Å²) < 4.78 is 5.01. The number of ether oxygens (including phenoxy) is 1. The summed E-state index contributed by atoms with van der Waals surface area (Å²) >= 11 is 0. The van der Waals surface area contributed by atoms with E-state index in [9.17, 15) is 4.79 Å². The summed E-state index contributed by atoms with van der Waals surface area (Å²) in [6.45, 7) is 5.51. The summed E-state index contributed by atoms with van der Waals surface area (Å²) in [4.78, 5) is 11.5. The molecule has 68 valence electrons. The third-order valence-corrected chi connectivity index (χ3v) is 2.98. The van der Waals surface area contributed by atoms with Gasteiger partial charge in [0.05, 0.1) is 6.61 Å². The van der Waals surface area contributed by atoms with Gasteiger partial charge >= 0.3 is 5.97 Å². The first-order chi connectivity index (χ1) is 5.60. The normalized spacial score (nSPS) is 43.8. The molecule has 2 saturated heterocycles. The van der Waals surface area contributed by atoms with Gasteiger partial charge in [-0.3, -0.25) is 4.79 Å². The van der Waals surface area contributed by atoms with Crippen molar-refractivity contribution in [3.05, 3.63) is 0 Å². The molecule has 2 heterocycles. The molecule has 3 aliphatic rings. The smallest absolute Gasteiger partial charge is 0.326 e. The molecule has 0 unspecified atom stereocenters. The van der Waals surface area contributed by atoms with Gasteiger partial charge in [0.2, 0.25) is 0 Å². The zero-order valence-corrected chi connectivity index (χ0v) is 7.64. The minimum absolute atomic E-state index is 0.0556. The van der Waals surface area contributed by atoms with E-state index in [4.69, 9.17) is 4.74 Å². The molecule has 1 saturated carbocycles. The fourth-order valence-corrected chi connectivity index (χ4v) is 2.52. The van der Waals surface area contributed by atoms with E-state index in [0.29, 0.717) is 12.0 Å². The summed E-state index contributed by atoms with van der Waals surface area (Å²) in [6, 6.07) is 0. The van der Waals surface area contributed by atoms with Gasteiger partial charge in [0.15, 0.2) is 0 Å². The predicted octanol–water partition coefficient (Wildman–Crippen LogP) is 0.692. The van der Waals surface area contributed by atoms with E-state index >= 15 is 0 Å². The maximum atomic E-state index is 11.5. The molecule has 1 N–H and O–H groups in total. The maximum absolute atomic E-state index is 11.5. The molecule has 2 bridgehead atoms. The van der Waals surface area contributed by atoms with Crippen LogP contribution in [-0.4, -0.2) is 24.7 Å². The van der Waals surface area contributed by atoms with Crippen molar-refractivity contribution in [3.8, 4) is 0 Å². The third-order valence-electron chi connectivity index (χ3n) is 2.98. The van der Waals surface area contributed by atoms with Crippen LogP contribution in [0, 0.1) is 5.41 Å². The Morgan fingerprint density at radius 2 is 2.25 bits per heavy atom. The highest BCUT2D eigenvalue weighted by atomic mass is 16.5. The van der Waals surface area contributed by atoms with Gasteiger partial charge in [0, 0.05) is 6.54 Å². The van der Waals surface area contributed by atoms with Gasteiger partial charge < -0.3 is 10.1 Å². The first-order valence-electron chi connectivity index (χ1n) is 4.53. The lowest BCUT2D eigenvalue weighted by atomic mass is 9.63. The number of nitrogens with one attached hydrogen (secondary N) is 1. The first-order valence-corrected chi connectivity index (χ1v) is 4.53. The summed E-state index contributed by atoms with van der Waals surface area (Å²) in [6.07, 6.45) is 1.91. The lowest BCUT2D eigenvalue weighted by Gasteiger charge is -2.41. The molecule has 3 nitrogen and oxygen atoms in total. The number of esters is 1. The average Bonchev–Trinajstić information content (AvgIpc) is 2.42. The molecule has 3 rings (SSSR count). The molecular formula is C9H15NO2. The molecule has 0 aromatic rings. The van der Waals surface area contributed by atoms with Gasteiger partial charge in [-0.25, -0.2) is 0 Å². The largest absolute Gasteiger partial charge is 0.465 e. The van der Waals surface area contributed by atoms with E-state index in [2.05, 4.69) is 12.2 Å². The monoisotopic (exact) mass is 169 g/mol. The highest BCUT2D eigenvalue weighted by molar-refractivity contribution is 5.83. The van der Waals surface area contributed by atoms with Gasteiger partial charge in [0.1, 0.15) is 5.54 Å². The van der Waals surface area contributed by atoms with Crippen molar-refractivity contribution in [1.29, 1.82) is 0 Å². The topological polar surface area (TPSA) is 38.3 Å². The molecule has 0 radical (unpaired) electrons. The molecule has 12 heavy (non-hydrogen) atoms. The van der Waals surface area contributed by atoms with E-state index in [-0.39, 0.29) is 11.5 Å². The van der Waals surface area contributed by atoms with Crippen molar-refractivity contribution in [3.63, 3.8) is 0 Å². The highest BCUT2D eigenvalue weighted by Gasteiger charge is 2.63. The Labute approximate surface area is 72.5 Å². The van der Waals surface area contributed by atoms with Crippen molar-refractivity contribution < 1.29 is 9.53 Å². The van der Waals surface area contributed by atoms with E-state index in [1.165, 1.54) is 0 Å². The lowest BCUT2D eigenvalue weighted by molar-refractivity contribution is -0.155. The summed E-state index contributed by atoms with van der Waals surface area (Å²) in [5.41, 5.74) is 0.0670. The third kappa shape index (κ3) is 0.891. The van der Waals surface area contributed by atoms with Crippen LogP contribution < -0.4 is 5.32 Å². The molecule has 0 spiro atoms. The van der Waals surface area contributed by atoms with Crippen molar-refractivity contribution in [2.45, 2.75) is 32.2 Å². The van der Waals surface area contributed by atoms with E-state index in [0.717, 1.165) is 19.4 Å². The number of hydrogen-bond acceptors (Lipinski definition) is 3. The fraction of sp³-hybridized carbons (Fsp3) is 0.889. The van der Waals surface area contributed by atoms with E-state index in [1.807, 2.05) is 6.92 Å². The number of fused-ring (bicyclic) bond motifs is 1. The molecule has 0 aromatic heterocycles. The van der Waals surface area contributed by atoms with Gasteiger partial charge in [-0.1, -0.05) is 6.92 Å². The number of hydrogen-bond donors (Lipinski definition) is 1. The van der Waals surface area contributed by atoms with Crippen LogP contribution in [0.5, 0.6) is 0 Å². The van der Waals surface area contributed by atoms with Crippen LogP contribution in [0.1, 0.15) is 26.7 Å². The van der Waals surface area contributed by atoms with Crippen LogP contribution >= 0.6 is 0 Å². The molecule has 0 atom stereocenters. The first kappa shape index (κ1) is 8.05. The quantitative estimate of drug-likeness (QED) is 0.618. The summed E-state index contributed by atoms with van der Waals surface area (Å²) in [7, 11) is 0. The Kier molecular flexibility index (Phi) is 1.49. The average molecular weight is 169 g/mol. The second kappa shape index (κ2) is 2.22. The lowest BCUT2D eigenvalue weighted by Crippen LogP contribution is -2.54.